The van der Waals surface area contributed by atoms with E-state index < -0.39 is 11.7 Å². The highest BCUT2D eigenvalue weighted by Crippen LogP contribution is 2.06. The second-order valence-corrected chi connectivity index (χ2v) is 5.79. The molecule has 0 bridgehead atoms. The molecule has 4 heteroatoms. The maximum atomic E-state index is 9.98. The fourth-order valence-electron chi connectivity index (χ4n) is 2.09. The van der Waals surface area contributed by atoms with E-state index in [-0.39, 0.29) is 0 Å². The summed E-state index contributed by atoms with van der Waals surface area (Å²) in [4.78, 5) is 2.02. The minimum Gasteiger partial charge on any atom is -0.389 e. The lowest BCUT2D eigenvalue weighted by atomic mass is 10.1. The molecule has 1 unspecified atom stereocenters. The van der Waals surface area contributed by atoms with Gasteiger partial charge in [0, 0.05) is 13.1 Å². The number of rotatable bonds is 9. The van der Waals surface area contributed by atoms with Gasteiger partial charge in [0.1, 0.15) is 0 Å². The molecule has 0 aromatic heterocycles. The number of aliphatic hydroxyl groups is 2. The summed E-state index contributed by atoms with van der Waals surface area (Å²) >= 11 is 0. The van der Waals surface area contributed by atoms with Crippen LogP contribution >= 0.6 is 0 Å². The predicted molar refractivity (Wildman–Crippen MR) is 80.5 cm³/mol. The number of hydrogen-bond acceptors (Lipinski definition) is 4. The Morgan fingerprint density at radius 1 is 1.25 bits per heavy atom. The second kappa shape index (κ2) is 8.37. The zero-order valence-electron chi connectivity index (χ0n) is 12.7. The van der Waals surface area contributed by atoms with Crippen LogP contribution in [0.2, 0.25) is 0 Å². The minimum absolute atomic E-state index is 0.303. The average molecular weight is 281 g/mol. The fraction of sp³-hybridized carbons (Fsp3) is 0.625. The normalized spacial score (nSPS) is 13.7. The summed E-state index contributed by atoms with van der Waals surface area (Å²) in [6.45, 7) is 8.21. The van der Waals surface area contributed by atoms with Crippen LogP contribution in [0, 0.1) is 0 Å². The van der Waals surface area contributed by atoms with Crippen molar-refractivity contribution in [1.29, 1.82) is 0 Å². The topological polar surface area (TPSA) is 52.9 Å². The molecule has 0 radical (unpaired) electrons. The third-order valence-corrected chi connectivity index (χ3v) is 2.95. The van der Waals surface area contributed by atoms with E-state index in [4.69, 9.17) is 4.74 Å². The molecule has 1 rings (SSSR count). The van der Waals surface area contributed by atoms with Gasteiger partial charge in [-0.1, -0.05) is 37.3 Å². The molecule has 1 aromatic rings. The van der Waals surface area contributed by atoms with E-state index >= 15 is 0 Å². The minimum atomic E-state index is -0.749. The summed E-state index contributed by atoms with van der Waals surface area (Å²) in [7, 11) is 0. The zero-order valence-corrected chi connectivity index (χ0v) is 12.7. The molecule has 1 atom stereocenters. The Morgan fingerprint density at radius 2 is 1.90 bits per heavy atom. The maximum Gasteiger partial charge on any atom is 0.0900 e. The van der Waals surface area contributed by atoms with Gasteiger partial charge in [-0.05, 0) is 26.0 Å². The van der Waals surface area contributed by atoms with Gasteiger partial charge in [0.2, 0.25) is 0 Å². The SMILES string of the molecule is CCN(CC(O)COCc1ccccc1)CC(C)(C)O. The van der Waals surface area contributed by atoms with E-state index in [1.165, 1.54) is 0 Å². The number of aliphatic hydroxyl groups excluding tert-OH is 1. The van der Waals surface area contributed by atoms with Gasteiger partial charge in [0.05, 0.1) is 24.9 Å². The van der Waals surface area contributed by atoms with Crippen LogP contribution in [-0.4, -0.2) is 53.1 Å². The zero-order chi connectivity index (χ0) is 15.0. The lowest BCUT2D eigenvalue weighted by molar-refractivity contribution is -0.0113. The van der Waals surface area contributed by atoms with Crippen molar-refractivity contribution in [2.75, 3.05) is 26.2 Å². The number of nitrogens with zero attached hydrogens (tertiary/aromatic N) is 1. The van der Waals surface area contributed by atoms with Crippen LogP contribution in [0.25, 0.3) is 0 Å². The molecular formula is C16H27NO3. The van der Waals surface area contributed by atoms with Crippen LogP contribution in [0.4, 0.5) is 0 Å². The third kappa shape index (κ3) is 7.60. The molecule has 0 amide bonds. The van der Waals surface area contributed by atoms with Crippen molar-refractivity contribution in [1.82, 2.24) is 4.90 Å². The van der Waals surface area contributed by atoms with Crippen molar-refractivity contribution >= 4 is 0 Å². The summed E-state index contributed by atoms with van der Waals surface area (Å²) in [5.41, 5.74) is 0.351. The Morgan fingerprint density at radius 3 is 2.45 bits per heavy atom. The molecule has 0 fully saturated rings. The predicted octanol–water partition coefficient (Wildman–Crippen LogP) is 1.66. The molecule has 114 valence electrons. The number of likely N-dealkylation sites (N-methyl/N-ethyl adjacent to an activating group) is 1. The number of benzene rings is 1. The van der Waals surface area contributed by atoms with Crippen LogP contribution in [0.3, 0.4) is 0 Å². The number of ether oxygens (including phenoxy) is 1. The van der Waals surface area contributed by atoms with Crippen molar-refractivity contribution in [2.45, 2.75) is 39.1 Å². The standard InChI is InChI=1S/C16H27NO3/c1-4-17(13-16(2,3)19)10-15(18)12-20-11-14-8-6-5-7-9-14/h5-9,15,18-19H,4,10-13H2,1-3H3. The summed E-state index contributed by atoms with van der Waals surface area (Å²) < 4.78 is 5.52. The highest BCUT2D eigenvalue weighted by Gasteiger charge is 2.19. The van der Waals surface area contributed by atoms with Crippen molar-refractivity contribution in [2.24, 2.45) is 0 Å². The van der Waals surface area contributed by atoms with Crippen LogP contribution < -0.4 is 0 Å². The molecule has 0 aliphatic heterocycles. The van der Waals surface area contributed by atoms with Gasteiger partial charge in [0.15, 0.2) is 0 Å². The molecule has 0 saturated heterocycles. The van der Waals surface area contributed by atoms with Crippen molar-refractivity contribution < 1.29 is 14.9 Å². The lowest BCUT2D eigenvalue weighted by Crippen LogP contribution is -2.43. The molecule has 2 N–H and O–H groups in total. The Kier molecular flexibility index (Phi) is 7.16. The molecule has 0 saturated carbocycles. The summed E-state index contributed by atoms with van der Waals surface area (Å²) in [6.07, 6.45) is -0.541. The first-order valence-electron chi connectivity index (χ1n) is 7.15. The van der Waals surface area contributed by atoms with Gasteiger partial charge in [0.25, 0.3) is 0 Å². The third-order valence-electron chi connectivity index (χ3n) is 2.95. The maximum absolute atomic E-state index is 9.98. The van der Waals surface area contributed by atoms with Crippen LogP contribution in [0.1, 0.15) is 26.3 Å². The van der Waals surface area contributed by atoms with Gasteiger partial charge in [-0.3, -0.25) is 4.90 Å². The highest BCUT2D eigenvalue weighted by molar-refractivity contribution is 5.13. The molecule has 4 nitrogen and oxygen atoms in total. The fourth-order valence-corrected chi connectivity index (χ4v) is 2.09. The quantitative estimate of drug-likeness (QED) is 0.723. The first-order chi connectivity index (χ1) is 9.40. The number of hydrogen-bond donors (Lipinski definition) is 2. The summed E-state index contributed by atoms with van der Waals surface area (Å²) in [5.74, 6) is 0. The first-order valence-corrected chi connectivity index (χ1v) is 7.15. The Hall–Kier alpha value is -0.940. The average Bonchev–Trinajstić information content (AvgIpc) is 2.37. The lowest BCUT2D eigenvalue weighted by Gasteiger charge is -2.29. The van der Waals surface area contributed by atoms with Gasteiger partial charge in [-0.2, -0.15) is 0 Å². The summed E-state index contributed by atoms with van der Waals surface area (Å²) in [5, 5.41) is 19.8. The van der Waals surface area contributed by atoms with E-state index in [9.17, 15) is 10.2 Å². The van der Waals surface area contributed by atoms with E-state index in [0.29, 0.717) is 26.3 Å². The van der Waals surface area contributed by atoms with Crippen molar-refractivity contribution in [3.8, 4) is 0 Å². The van der Waals surface area contributed by atoms with Crippen LogP contribution in [-0.2, 0) is 11.3 Å². The van der Waals surface area contributed by atoms with Crippen LogP contribution in [0.5, 0.6) is 0 Å². The van der Waals surface area contributed by atoms with E-state index in [1.807, 2.05) is 42.2 Å². The molecular weight excluding hydrogens is 254 g/mol. The van der Waals surface area contributed by atoms with Crippen molar-refractivity contribution in [3.05, 3.63) is 35.9 Å². The largest absolute Gasteiger partial charge is 0.389 e. The Labute approximate surface area is 122 Å². The molecule has 0 aliphatic carbocycles. The smallest absolute Gasteiger partial charge is 0.0900 e. The molecule has 1 aromatic carbocycles. The Bertz CT molecular complexity index is 362. The Balaban J connectivity index is 2.26. The molecule has 0 spiro atoms. The second-order valence-electron chi connectivity index (χ2n) is 5.79. The van der Waals surface area contributed by atoms with E-state index in [2.05, 4.69) is 0 Å². The summed E-state index contributed by atoms with van der Waals surface area (Å²) in [6, 6.07) is 9.90. The van der Waals surface area contributed by atoms with E-state index in [0.717, 1.165) is 12.1 Å². The van der Waals surface area contributed by atoms with Gasteiger partial charge < -0.3 is 14.9 Å². The molecule has 0 aliphatic rings. The highest BCUT2D eigenvalue weighted by atomic mass is 16.5. The van der Waals surface area contributed by atoms with Gasteiger partial charge >= 0.3 is 0 Å². The van der Waals surface area contributed by atoms with Crippen LogP contribution in [0.15, 0.2) is 30.3 Å². The first kappa shape index (κ1) is 17.1. The molecule has 0 heterocycles. The van der Waals surface area contributed by atoms with Crippen molar-refractivity contribution in [3.63, 3.8) is 0 Å². The monoisotopic (exact) mass is 281 g/mol. The van der Waals surface area contributed by atoms with E-state index in [1.54, 1.807) is 13.8 Å². The van der Waals surface area contributed by atoms with Gasteiger partial charge in [-0.15, -0.1) is 0 Å². The molecule has 20 heavy (non-hydrogen) atoms. The van der Waals surface area contributed by atoms with Gasteiger partial charge in [-0.25, -0.2) is 0 Å².